The number of rotatable bonds is 10. The van der Waals surface area contributed by atoms with Gasteiger partial charge in [0.05, 0.1) is 12.5 Å². The fraction of sp³-hybridized carbons (Fsp3) is 0.370. The summed E-state index contributed by atoms with van der Waals surface area (Å²) in [6.45, 7) is 4.19. The topological polar surface area (TPSA) is 105 Å². The number of carboxylic acid groups (broad SMARTS) is 1. The van der Waals surface area contributed by atoms with Crippen LogP contribution in [0.15, 0.2) is 61.2 Å². The highest BCUT2D eigenvalue weighted by Gasteiger charge is 2.50. The summed E-state index contributed by atoms with van der Waals surface area (Å²) in [4.78, 5) is 38.0. The number of nitrogens with zero attached hydrogens (tertiary/aromatic N) is 1. The Morgan fingerprint density at radius 2 is 1.74 bits per heavy atom. The third kappa shape index (κ3) is 4.93. The smallest absolute Gasteiger partial charge is 0.407 e. The van der Waals surface area contributed by atoms with Crippen LogP contribution >= 0.6 is 0 Å². The molecular formula is C27H30N2O6. The second kappa shape index (κ2) is 10.3. The molecule has 184 valence electrons. The van der Waals surface area contributed by atoms with Crippen LogP contribution in [0.4, 0.5) is 4.79 Å². The van der Waals surface area contributed by atoms with E-state index < -0.39 is 23.6 Å². The summed E-state index contributed by atoms with van der Waals surface area (Å²) in [7, 11) is 1.46. The van der Waals surface area contributed by atoms with Crippen LogP contribution in [0.3, 0.4) is 0 Å². The molecule has 1 aliphatic heterocycles. The van der Waals surface area contributed by atoms with E-state index in [-0.39, 0.29) is 44.5 Å². The minimum Gasteiger partial charge on any atom is -0.481 e. The third-order valence-corrected chi connectivity index (χ3v) is 6.88. The molecule has 2 aromatic rings. The lowest BCUT2D eigenvalue weighted by Crippen LogP contribution is -2.62. The molecule has 2 aliphatic rings. The molecule has 1 aliphatic carbocycles. The Labute approximate surface area is 204 Å². The van der Waals surface area contributed by atoms with Crippen LogP contribution in [0.25, 0.3) is 11.1 Å². The maximum absolute atomic E-state index is 12.6. The fourth-order valence-corrected chi connectivity index (χ4v) is 4.90. The first-order valence-electron chi connectivity index (χ1n) is 11.6. The second-order valence-corrected chi connectivity index (χ2v) is 9.10. The SMILES string of the molecule is C=CCC1(C(=O)O)CN(C(=O)CC(CNC(=O)OCC2c3ccccc3-c3ccccc32)OC)C1. The number of amides is 2. The van der Waals surface area contributed by atoms with Gasteiger partial charge in [-0.05, 0) is 28.7 Å². The van der Waals surface area contributed by atoms with E-state index in [1.54, 1.807) is 6.08 Å². The number of nitrogens with one attached hydrogen (secondary N) is 1. The van der Waals surface area contributed by atoms with Gasteiger partial charge < -0.3 is 24.8 Å². The highest BCUT2D eigenvalue weighted by molar-refractivity contribution is 5.84. The maximum atomic E-state index is 12.6. The van der Waals surface area contributed by atoms with Crippen LogP contribution in [0.1, 0.15) is 29.9 Å². The summed E-state index contributed by atoms with van der Waals surface area (Å²) in [5.41, 5.74) is 3.61. The lowest BCUT2D eigenvalue weighted by molar-refractivity contribution is -0.166. The van der Waals surface area contributed by atoms with Gasteiger partial charge in [-0.15, -0.1) is 6.58 Å². The Morgan fingerprint density at radius 3 is 2.29 bits per heavy atom. The van der Waals surface area contributed by atoms with E-state index >= 15 is 0 Å². The summed E-state index contributed by atoms with van der Waals surface area (Å²) in [6, 6.07) is 16.2. The molecule has 0 spiro atoms. The molecule has 1 atom stereocenters. The van der Waals surface area contributed by atoms with Crippen LogP contribution in [0.5, 0.6) is 0 Å². The van der Waals surface area contributed by atoms with E-state index in [0.717, 1.165) is 22.3 Å². The Morgan fingerprint density at radius 1 is 1.14 bits per heavy atom. The zero-order valence-electron chi connectivity index (χ0n) is 19.7. The fourth-order valence-electron chi connectivity index (χ4n) is 4.90. The molecule has 0 bridgehead atoms. The van der Waals surface area contributed by atoms with Gasteiger partial charge in [0.15, 0.2) is 0 Å². The molecule has 1 saturated heterocycles. The van der Waals surface area contributed by atoms with E-state index in [0.29, 0.717) is 6.42 Å². The first-order chi connectivity index (χ1) is 16.9. The standard InChI is InChI=1S/C27H30N2O6/c1-3-12-27(25(31)32)16-29(17-27)24(30)13-18(34-2)14-28-26(33)35-15-23-21-10-6-4-8-19(21)20-9-5-7-11-22(20)23/h3-11,18,23H,1,12-17H2,2H3,(H,28,33)(H,31,32). The minimum atomic E-state index is -0.959. The van der Waals surface area contributed by atoms with E-state index in [4.69, 9.17) is 9.47 Å². The number of aliphatic carboxylic acids is 1. The van der Waals surface area contributed by atoms with Gasteiger partial charge in [0, 0.05) is 32.7 Å². The van der Waals surface area contributed by atoms with Crippen LogP contribution < -0.4 is 5.32 Å². The molecule has 2 N–H and O–H groups in total. The van der Waals surface area contributed by atoms with Gasteiger partial charge in [0.2, 0.25) is 5.91 Å². The number of benzene rings is 2. The Kier molecular flexibility index (Phi) is 7.21. The summed E-state index contributed by atoms with van der Waals surface area (Å²) in [5, 5.41) is 12.1. The van der Waals surface area contributed by atoms with Crippen molar-refractivity contribution in [3.05, 3.63) is 72.3 Å². The summed E-state index contributed by atoms with van der Waals surface area (Å²) in [6.07, 6.45) is 0.766. The van der Waals surface area contributed by atoms with Crippen molar-refractivity contribution in [3.63, 3.8) is 0 Å². The van der Waals surface area contributed by atoms with Gasteiger partial charge in [0.1, 0.15) is 12.0 Å². The van der Waals surface area contributed by atoms with Gasteiger partial charge in [-0.25, -0.2) is 4.79 Å². The van der Waals surface area contributed by atoms with Crippen LogP contribution in [-0.2, 0) is 19.1 Å². The molecule has 1 unspecified atom stereocenters. The van der Waals surface area contributed by atoms with Gasteiger partial charge in [-0.2, -0.15) is 0 Å². The first-order valence-corrected chi connectivity index (χ1v) is 11.6. The van der Waals surface area contributed by atoms with Gasteiger partial charge in [-0.1, -0.05) is 54.6 Å². The lowest BCUT2D eigenvalue weighted by Gasteiger charge is -2.47. The molecule has 35 heavy (non-hydrogen) atoms. The minimum absolute atomic E-state index is 0.0317. The van der Waals surface area contributed by atoms with Crippen molar-refractivity contribution in [1.29, 1.82) is 0 Å². The number of allylic oxidation sites excluding steroid dienone is 1. The Hall–Kier alpha value is -3.65. The molecule has 1 heterocycles. The Balaban J connectivity index is 1.26. The molecule has 8 nitrogen and oxygen atoms in total. The molecule has 2 aromatic carbocycles. The molecular weight excluding hydrogens is 448 g/mol. The van der Waals surface area contributed by atoms with Crippen LogP contribution in [0.2, 0.25) is 0 Å². The predicted octanol–water partition coefficient (Wildman–Crippen LogP) is 3.42. The van der Waals surface area contributed by atoms with Crippen molar-refractivity contribution < 1.29 is 29.0 Å². The van der Waals surface area contributed by atoms with Gasteiger partial charge in [-0.3, -0.25) is 9.59 Å². The van der Waals surface area contributed by atoms with E-state index in [2.05, 4.69) is 36.2 Å². The Bertz CT molecular complexity index is 1080. The first kappa shape index (κ1) is 24.5. The number of likely N-dealkylation sites (tertiary alicyclic amines) is 1. The lowest BCUT2D eigenvalue weighted by atomic mass is 9.76. The van der Waals surface area contributed by atoms with Gasteiger partial charge >= 0.3 is 12.1 Å². The third-order valence-electron chi connectivity index (χ3n) is 6.88. The zero-order chi connectivity index (χ0) is 25.0. The van der Waals surface area contributed by atoms with Crippen molar-refractivity contribution in [1.82, 2.24) is 10.2 Å². The number of hydrogen-bond donors (Lipinski definition) is 2. The number of carbonyl (C=O) groups is 3. The second-order valence-electron chi connectivity index (χ2n) is 9.10. The molecule has 1 fully saturated rings. The van der Waals surface area contributed by atoms with Crippen molar-refractivity contribution in [3.8, 4) is 11.1 Å². The van der Waals surface area contributed by atoms with Crippen molar-refractivity contribution >= 4 is 18.0 Å². The predicted molar refractivity (Wildman–Crippen MR) is 130 cm³/mol. The van der Waals surface area contributed by atoms with Crippen molar-refractivity contribution in [2.75, 3.05) is 33.4 Å². The van der Waals surface area contributed by atoms with E-state index in [1.807, 2.05) is 24.3 Å². The molecule has 0 aromatic heterocycles. The van der Waals surface area contributed by atoms with Crippen LogP contribution in [-0.4, -0.2) is 67.4 Å². The highest BCUT2D eigenvalue weighted by Crippen LogP contribution is 2.44. The summed E-state index contributed by atoms with van der Waals surface area (Å²) < 4.78 is 10.9. The largest absolute Gasteiger partial charge is 0.481 e. The van der Waals surface area contributed by atoms with E-state index in [9.17, 15) is 19.5 Å². The summed E-state index contributed by atoms with van der Waals surface area (Å²) >= 11 is 0. The average Bonchev–Trinajstić information content (AvgIpc) is 3.15. The number of fused-ring (bicyclic) bond motifs is 3. The zero-order valence-corrected chi connectivity index (χ0v) is 19.7. The molecule has 0 radical (unpaired) electrons. The number of hydrogen-bond acceptors (Lipinski definition) is 5. The summed E-state index contributed by atoms with van der Waals surface area (Å²) in [5.74, 6) is -1.18. The van der Waals surface area contributed by atoms with Gasteiger partial charge in [0.25, 0.3) is 0 Å². The quantitative estimate of drug-likeness (QED) is 0.507. The number of ether oxygens (including phenoxy) is 2. The van der Waals surface area contributed by atoms with Crippen molar-refractivity contribution in [2.24, 2.45) is 5.41 Å². The van der Waals surface area contributed by atoms with Crippen LogP contribution in [0, 0.1) is 5.41 Å². The molecule has 0 saturated carbocycles. The normalized spacial score (nSPS) is 16.4. The highest BCUT2D eigenvalue weighted by atomic mass is 16.5. The number of carbonyl (C=O) groups excluding carboxylic acids is 2. The monoisotopic (exact) mass is 478 g/mol. The molecule has 8 heteroatoms. The number of methoxy groups -OCH3 is 1. The number of alkyl carbamates (subject to hydrolysis) is 1. The average molecular weight is 479 g/mol. The number of carboxylic acids is 1. The molecule has 2 amide bonds. The molecule has 4 rings (SSSR count). The maximum Gasteiger partial charge on any atom is 0.407 e. The van der Waals surface area contributed by atoms with Crippen molar-refractivity contribution in [2.45, 2.75) is 24.9 Å². The van der Waals surface area contributed by atoms with E-state index in [1.165, 1.54) is 12.0 Å².